The summed E-state index contributed by atoms with van der Waals surface area (Å²) in [4.78, 5) is 14.8. The van der Waals surface area contributed by atoms with Crippen LogP contribution in [-0.2, 0) is 4.79 Å². The van der Waals surface area contributed by atoms with Gasteiger partial charge in [0.1, 0.15) is 5.78 Å². The van der Waals surface area contributed by atoms with Crippen molar-refractivity contribution < 1.29 is 4.79 Å². The summed E-state index contributed by atoms with van der Waals surface area (Å²) < 4.78 is 0. The Morgan fingerprint density at radius 1 is 1.05 bits per heavy atom. The summed E-state index contributed by atoms with van der Waals surface area (Å²) in [5, 5.41) is 0. The van der Waals surface area contributed by atoms with E-state index in [0.717, 1.165) is 31.6 Å². The molecule has 2 saturated carbocycles. The summed E-state index contributed by atoms with van der Waals surface area (Å²) in [6.07, 6.45) is 12.2. The second kappa shape index (κ2) is 7.26. The number of carbonyl (C=O) groups excluding carboxylic acids is 1. The molecule has 2 rings (SSSR count). The van der Waals surface area contributed by atoms with E-state index >= 15 is 0 Å². The zero-order chi connectivity index (χ0) is 15.5. The molecule has 0 aliphatic heterocycles. The fourth-order valence-electron chi connectivity index (χ4n) is 5.08. The van der Waals surface area contributed by atoms with Crippen molar-refractivity contribution in [2.24, 2.45) is 17.3 Å². The second-order valence-electron chi connectivity index (χ2n) is 8.39. The van der Waals surface area contributed by atoms with E-state index in [1.165, 1.54) is 38.5 Å². The third kappa shape index (κ3) is 4.31. The fourth-order valence-corrected chi connectivity index (χ4v) is 5.08. The molecule has 21 heavy (non-hydrogen) atoms. The molecule has 0 aromatic carbocycles. The molecule has 2 nitrogen and oxygen atoms in total. The zero-order valence-electron chi connectivity index (χ0n) is 14.7. The fraction of sp³-hybridized carbons (Fsp3) is 0.947. The quantitative estimate of drug-likeness (QED) is 0.679. The lowest BCUT2D eigenvalue weighted by molar-refractivity contribution is -0.123. The highest BCUT2D eigenvalue weighted by Gasteiger charge is 2.38. The largest absolute Gasteiger partial charge is 0.306 e. The van der Waals surface area contributed by atoms with Crippen LogP contribution in [0.2, 0.25) is 0 Å². The molecule has 0 spiro atoms. The van der Waals surface area contributed by atoms with Gasteiger partial charge in [-0.25, -0.2) is 0 Å². The van der Waals surface area contributed by atoms with E-state index in [1.54, 1.807) is 0 Å². The van der Waals surface area contributed by atoms with Crippen molar-refractivity contribution in [2.75, 3.05) is 14.1 Å². The molecule has 0 N–H and O–H groups in total. The van der Waals surface area contributed by atoms with Gasteiger partial charge in [-0.05, 0) is 57.5 Å². The minimum Gasteiger partial charge on any atom is -0.306 e. The normalized spacial score (nSPS) is 23.1. The van der Waals surface area contributed by atoms with Crippen LogP contribution >= 0.6 is 0 Å². The van der Waals surface area contributed by atoms with Crippen LogP contribution in [0.25, 0.3) is 0 Å². The number of Topliss-reactive ketones (excluding diaryl/α,β-unsaturated/α-hetero) is 1. The topological polar surface area (TPSA) is 20.3 Å². The van der Waals surface area contributed by atoms with Crippen molar-refractivity contribution in [2.45, 2.75) is 84.1 Å². The summed E-state index contributed by atoms with van der Waals surface area (Å²) in [5.41, 5.74) is 0.243. The van der Waals surface area contributed by atoms with Crippen molar-refractivity contribution in [1.82, 2.24) is 4.90 Å². The van der Waals surface area contributed by atoms with Crippen LogP contribution in [0.1, 0.15) is 78.1 Å². The SMILES string of the molecule is CN(C)C(C1CCCC1)C(C)(C)CCC(=O)C1CCCC1. The maximum absolute atomic E-state index is 12.4. The highest BCUT2D eigenvalue weighted by molar-refractivity contribution is 5.81. The Bertz CT molecular complexity index is 335. The molecule has 2 fully saturated rings. The number of hydrogen-bond acceptors (Lipinski definition) is 2. The Labute approximate surface area is 131 Å². The summed E-state index contributed by atoms with van der Waals surface area (Å²) in [6, 6.07) is 0.622. The first-order valence-corrected chi connectivity index (χ1v) is 9.11. The minimum atomic E-state index is 0.243. The van der Waals surface area contributed by atoms with E-state index in [9.17, 15) is 4.79 Å². The number of rotatable bonds is 7. The Morgan fingerprint density at radius 3 is 2.10 bits per heavy atom. The van der Waals surface area contributed by atoms with Crippen molar-refractivity contribution in [3.63, 3.8) is 0 Å². The zero-order valence-corrected chi connectivity index (χ0v) is 14.7. The van der Waals surface area contributed by atoms with Crippen molar-refractivity contribution >= 4 is 5.78 Å². The van der Waals surface area contributed by atoms with E-state index in [0.29, 0.717) is 17.7 Å². The summed E-state index contributed by atoms with van der Waals surface area (Å²) >= 11 is 0. The molecule has 122 valence electrons. The Morgan fingerprint density at radius 2 is 1.57 bits per heavy atom. The van der Waals surface area contributed by atoms with E-state index in [2.05, 4.69) is 32.8 Å². The molecular weight excluding hydrogens is 258 g/mol. The lowest BCUT2D eigenvalue weighted by Gasteiger charge is -2.43. The van der Waals surface area contributed by atoms with Crippen molar-refractivity contribution in [3.8, 4) is 0 Å². The highest BCUT2D eigenvalue weighted by Crippen LogP contribution is 2.41. The molecule has 0 bridgehead atoms. The monoisotopic (exact) mass is 293 g/mol. The van der Waals surface area contributed by atoms with E-state index in [1.807, 2.05) is 0 Å². The lowest BCUT2D eigenvalue weighted by atomic mass is 9.72. The maximum atomic E-state index is 12.4. The lowest BCUT2D eigenvalue weighted by Crippen LogP contribution is -2.46. The van der Waals surface area contributed by atoms with Crippen LogP contribution in [-0.4, -0.2) is 30.8 Å². The van der Waals surface area contributed by atoms with Gasteiger partial charge >= 0.3 is 0 Å². The predicted octanol–water partition coefficient (Wildman–Crippen LogP) is 4.67. The Hall–Kier alpha value is -0.370. The van der Waals surface area contributed by atoms with Crippen LogP contribution in [0.4, 0.5) is 0 Å². The van der Waals surface area contributed by atoms with Crippen molar-refractivity contribution in [1.29, 1.82) is 0 Å². The van der Waals surface area contributed by atoms with Gasteiger partial charge in [-0.15, -0.1) is 0 Å². The average Bonchev–Trinajstić information content (AvgIpc) is 3.08. The summed E-state index contributed by atoms with van der Waals surface area (Å²) in [6.45, 7) is 4.77. The molecule has 0 radical (unpaired) electrons. The van der Waals surface area contributed by atoms with E-state index in [-0.39, 0.29) is 5.41 Å². The first-order chi connectivity index (χ1) is 9.92. The Balaban J connectivity index is 1.92. The van der Waals surface area contributed by atoms with Crippen LogP contribution in [0.5, 0.6) is 0 Å². The van der Waals surface area contributed by atoms with Gasteiger partial charge in [0, 0.05) is 18.4 Å². The number of hydrogen-bond donors (Lipinski definition) is 0. The van der Waals surface area contributed by atoms with Gasteiger partial charge in [0.2, 0.25) is 0 Å². The molecule has 0 heterocycles. The van der Waals surface area contributed by atoms with Gasteiger partial charge in [0.25, 0.3) is 0 Å². The Kier molecular flexibility index (Phi) is 5.88. The molecule has 2 aliphatic rings. The first-order valence-electron chi connectivity index (χ1n) is 9.11. The third-order valence-corrected chi connectivity index (χ3v) is 6.03. The predicted molar refractivity (Wildman–Crippen MR) is 89.4 cm³/mol. The average molecular weight is 293 g/mol. The second-order valence-corrected chi connectivity index (χ2v) is 8.39. The molecular formula is C19H35NO. The molecule has 0 aromatic heterocycles. The molecule has 2 heteroatoms. The number of carbonyl (C=O) groups is 1. The van der Waals surface area contributed by atoms with Gasteiger partial charge in [0.15, 0.2) is 0 Å². The molecule has 2 aliphatic carbocycles. The molecule has 0 aromatic rings. The first kappa shape index (κ1) is 17.0. The van der Waals surface area contributed by atoms with Crippen LogP contribution in [0.15, 0.2) is 0 Å². The van der Waals surface area contributed by atoms with Crippen molar-refractivity contribution in [3.05, 3.63) is 0 Å². The smallest absolute Gasteiger partial charge is 0.135 e. The summed E-state index contributed by atoms with van der Waals surface area (Å²) in [7, 11) is 4.45. The van der Waals surface area contributed by atoms with E-state index in [4.69, 9.17) is 0 Å². The van der Waals surface area contributed by atoms with Crippen LogP contribution < -0.4 is 0 Å². The third-order valence-electron chi connectivity index (χ3n) is 6.03. The van der Waals surface area contributed by atoms with Gasteiger partial charge < -0.3 is 4.90 Å². The highest BCUT2D eigenvalue weighted by atomic mass is 16.1. The number of nitrogens with zero attached hydrogens (tertiary/aromatic N) is 1. The molecule has 0 amide bonds. The van der Waals surface area contributed by atoms with Gasteiger partial charge in [0.05, 0.1) is 0 Å². The maximum Gasteiger partial charge on any atom is 0.135 e. The van der Waals surface area contributed by atoms with E-state index < -0.39 is 0 Å². The molecule has 1 unspecified atom stereocenters. The summed E-state index contributed by atoms with van der Waals surface area (Å²) in [5.74, 6) is 1.77. The van der Waals surface area contributed by atoms with Gasteiger partial charge in [-0.3, -0.25) is 4.79 Å². The number of ketones is 1. The van der Waals surface area contributed by atoms with Crippen LogP contribution in [0, 0.1) is 17.3 Å². The standard InChI is InChI=1S/C19H35NO/c1-19(2,14-13-17(21)15-9-5-6-10-15)18(20(3)4)16-11-7-8-12-16/h15-16,18H,5-14H2,1-4H3. The van der Waals surface area contributed by atoms with Gasteiger partial charge in [-0.2, -0.15) is 0 Å². The molecule has 1 atom stereocenters. The molecule has 0 saturated heterocycles. The minimum absolute atomic E-state index is 0.243. The van der Waals surface area contributed by atoms with Gasteiger partial charge in [-0.1, -0.05) is 39.5 Å². The van der Waals surface area contributed by atoms with Crippen LogP contribution in [0.3, 0.4) is 0 Å².